The van der Waals surface area contributed by atoms with E-state index in [0.29, 0.717) is 27.7 Å². The van der Waals surface area contributed by atoms with Crippen LogP contribution in [0.4, 0.5) is 11.4 Å². The molecule has 134 valence electrons. The number of anilines is 2. The van der Waals surface area contributed by atoms with Crippen LogP contribution in [0.2, 0.25) is 5.02 Å². The zero-order chi connectivity index (χ0) is 18.6. The summed E-state index contributed by atoms with van der Waals surface area (Å²) in [4.78, 5) is 11.6. The predicted octanol–water partition coefficient (Wildman–Crippen LogP) is 3.81. The summed E-state index contributed by atoms with van der Waals surface area (Å²) >= 11 is 5.89. The molecule has 2 rings (SSSR count). The summed E-state index contributed by atoms with van der Waals surface area (Å²) in [6, 6.07) is 9.13. The monoisotopic (exact) mass is 382 g/mol. The van der Waals surface area contributed by atoms with Gasteiger partial charge in [-0.2, -0.15) is 0 Å². The molecule has 2 aromatic rings. The Morgan fingerprint density at radius 1 is 1.16 bits per heavy atom. The molecule has 8 heteroatoms. The summed E-state index contributed by atoms with van der Waals surface area (Å²) in [7, 11) is -2.39. The van der Waals surface area contributed by atoms with Crippen LogP contribution in [0.3, 0.4) is 0 Å². The molecule has 0 fully saturated rings. The molecule has 0 saturated heterocycles. The van der Waals surface area contributed by atoms with Crippen LogP contribution in [0.25, 0.3) is 0 Å². The number of hydrogen-bond donors (Lipinski definition) is 2. The average molecular weight is 383 g/mol. The number of hydrogen-bond acceptors (Lipinski definition) is 4. The van der Waals surface area contributed by atoms with Gasteiger partial charge in [0, 0.05) is 11.4 Å². The quantitative estimate of drug-likeness (QED) is 0.795. The molecule has 1 amide bonds. The van der Waals surface area contributed by atoms with E-state index in [1.807, 2.05) is 0 Å². The van der Waals surface area contributed by atoms with Crippen LogP contribution >= 0.6 is 11.6 Å². The molecule has 0 aliphatic rings. The number of amides is 1. The Morgan fingerprint density at radius 2 is 1.88 bits per heavy atom. The topological polar surface area (TPSA) is 84.5 Å². The Balaban J connectivity index is 2.38. The highest BCUT2D eigenvalue weighted by Crippen LogP contribution is 2.29. The molecule has 6 nitrogen and oxygen atoms in total. The molecule has 0 aliphatic carbocycles. The average Bonchev–Trinajstić information content (AvgIpc) is 2.57. The van der Waals surface area contributed by atoms with Gasteiger partial charge in [0.2, 0.25) is 5.91 Å². The third-order valence-electron chi connectivity index (χ3n) is 3.51. The van der Waals surface area contributed by atoms with Crippen molar-refractivity contribution in [2.24, 2.45) is 0 Å². The van der Waals surface area contributed by atoms with E-state index in [1.54, 1.807) is 32.0 Å². The molecule has 2 aromatic carbocycles. The van der Waals surface area contributed by atoms with Crippen molar-refractivity contribution >= 4 is 38.9 Å². The predicted molar refractivity (Wildman–Crippen MR) is 98.9 cm³/mol. The van der Waals surface area contributed by atoms with Crippen molar-refractivity contribution in [1.82, 2.24) is 0 Å². The lowest BCUT2D eigenvalue weighted by Gasteiger charge is -2.14. The van der Waals surface area contributed by atoms with E-state index in [9.17, 15) is 13.2 Å². The van der Waals surface area contributed by atoms with Gasteiger partial charge in [-0.3, -0.25) is 9.52 Å². The Kier molecular flexibility index (Phi) is 5.92. The summed E-state index contributed by atoms with van der Waals surface area (Å²) in [5.41, 5.74) is 1.42. The van der Waals surface area contributed by atoms with E-state index >= 15 is 0 Å². The largest absolute Gasteiger partial charge is 0.495 e. The van der Waals surface area contributed by atoms with Crippen molar-refractivity contribution in [3.8, 4) is 5.75 Å². The normalized spacial score (nSPS) is 11.0. The molecule has 0 saturated carbocycles. The van der Waals surface area contributed by atoms with Gasteiger partial charge in [0.1, 0.15) is 5.75 Å². The molecule has 25 heavy (non-hydrogen) atoms. The maximum absolute atomic E-state index is 12.6. The molecule has 0 heterocycles. The van der Waals surface area contributed by atoms with Crippen molar-refractivity contribution in [2.45, 2.75) is 25.2 Å². The number of halogens is 1. The van der Waals surface area contributed by atoms with Crippen LogP contribution in [-0.4, -0.2) is 21.4 Å². The molecular weight excluding hydrogens is 364 g/mol. The van der Waals surface area contributed by atoms with Crippen LogP contribution in [0, 0.1) is 6.92 Å². The summed E-state index contributed by atoms with van der Waals surface area (Å²) < 4.78 is 33.0. The van der Waals surface area contributed by atoms with Gasteiger partial charge in [-0.25, -0.2) is 8.42 Å². The fourth-order valence-electron chi connectivity index (χ4n) is 2.14. The second-order valence-electron chi connectivity index (χ2n) is 5.33. The Hall–Kier alpha value is -2.25. The summed E-state index contributed by atoms with van der Waals surface area (Å²) in [5.74, 6) is 0.137. The van der Waals surface area contributed by atoms with Crippen LogP contribution in [0.1, 0.15) is 18.9 Å². The van der Waals surface area contributed by atoms with Crippen LogP contribution < -0.4 is 14.8 Å². The highest BCUT2D eigenvalue weighted by atomic mass is 35.5. The number of aryl methyl sites for hydroxylation is 1. The van der Waals surface area contributed by atoms with E-state index in [-0.39, 0.29) is 17.2 Å². The van der Waals surface area contributed by atoms with Crippen LogP contribution in [0.5, 0.6) is 5.75 Å². The standard InChI is InChI=1S/C17H19ClN2O4S/c1-4-17(21)19-15-10-13(6-8-16(15)24-3)25(22,23)20-14-7-5-12(18)9-11(14)2/h5-10,20H,4H2,1-3H3,(H,19,21). The third kappa shape index (κ3) is 4.64. The lowest BCUT2D eigenvalue weighted by Crippen LogP contribution is -2.15. The van der Waals surface area contributed by atoms with E-state index in [4.69, 9.17) is 16.3 Å². The number of sulfonamides is 1. The second-order valence-corrected chi connectivity index (χ2v) is 7.45. The molecule has 2 N–H and O–H groups in total. The van der Waals surface area contributed by atoms with Gasteiger partial charge in [0.05, 0.1) is 23.4 Å². The zero-order valence-corrected chi connectivity index (χ0v) is 15.7. The van der Waals surface area contributed by atoms with Gasteiger partial charge in [0.15, 0.2) is 0 Å². The Bertz CT molecular complexity index is 898. The highest BCUT2D eigenvalue weighted by molar-refractivity contribution is 7.92. The number of rotatable bonds is 6. The minimum absolute atomic E-state index is 0.00838. The number of carbonyl (C=O) groups is 1. The minimum atomic E-state index is -3.84. The first-order valence-corrected chi connectivity index (χ1v) is 9.39. The van der Waals surface area contributed by atoms with Crippen molar-refractivity contribution in [2.75, 3.05) is 17.1 Å². The van der Waals surface area contributed by atoms with Gasteiger partial charge in [-0.1, -0.05) is 18.5 Å². The molecule has 0 bridgehead atoms. The van der Waals surface area contributed by atoms with Crippen molar-refractivity contribution in [1.29, 1.82) is 0 Å². The molecule has 0 unspecified atom stereocenters. The van der Waals surface area contributed by atoms with Gasteiger partial charge in [0.25, 0.3) is 10.0 Å². The van der Waals surface area contributed by atoms with E-state index < -0.39 is 10.0 Å². The fourth-order valence-corrected chi connectivity index (χ4v) is 3.52. The van der Waals surface area contributed by atoms with Crippen molar-refractivity contribution < 1.29 is 17.9 Å². The molecule has 0 spiro atoms. The lowest BCUT2D eigenvalue weighted by atomic mass is 10.2. The summed E-state index contributed by atoms with van der Waals surface area (Å²) in [6.07, 6.45) is 0.266. The van der Waals surface area contributed by atoms with Crippen LogP contribution in [-0.2, 0) is 14.8 Å². The van der Waals surface area contributed by atoms with E-state index in [1.165, 1.54) is 25.3 Å². The minimum Gasteiger partial charge on any atom is -0.495 e. The van der Waals surface area contributed by atoms with Gasteiger partial charge in [-0.15, -0.1) is 0 Å². The Morgan fingerprint density at radius 3 is 2.48 bits per heavy atom. The van der Waals surface area contributed by atoms with E-state index in [0.717, 1.165) is 0 Å². The SMILES string of the molecule is CCC(=O)Nc1cc(S(=O)(=O)Nc2ccc(Cl)cc2C)ccc1OC. The van der Waals surface area contributed by atoms with Crippen LogP contribution in [0.15, 0.2) is 41.3 Å². The lowest BCUT2D eigenvalue weighted by molar-refractivity contribution is -0.115. The van der Waals surface area contributed by atoms with Gasteiger partial charge < -0.3 is 10.1 Å². The smallest absolute Gasteiger partial charge is 0.261 e. The Labute approximate surface area is 152 Å². The molecule has 0 aliphatic heterocycles. The van der Waals surface area contributed by atoms with Gasteiger partial charge in [-0.05, 0) is 48.9 Å². The first-order valence-electron chi connectivity index (χ1n) is 7.53. The van der Waals surface area contributed by atoms with Crippen molar-refractivity contribution in [3.05, 3.63) is 47.0 Å². The zero-order valence-electron chi connectivity index (χ0n) is 14.1. The van der Waals surface area contributed by atoms with Gasteiger partial charge >= 0.3 is 0 Å². The van der Waals surface area contributed by atoms with Crippen molar-refractivity contribution in [3.63, 3.8) is 0 Å². The number of ether oxygens (including phenoxy) is 1. The summed E-state index contributed by atoms with van der Waals surface area (Å²) in [5, 5.41) is 3.16. The number of methoxy groups -OCH3 is 1. The maximum Gasteiger partial charge on any atom is 0.261 e. The molecule has 0 atom stereocenters. The second kappa shape index (κ2) is 7.76. The first-order chi connectivity index (χ1) is 11.8. The highest BCUT2D eigenvalue weighted by Gasteiger charge is 2.18. The molecular formula is C17H19ClN2O4S. The van der Waals surface area contributed by atoms with E-state index in [2.05, 4.69) is 10.0 Å². The maximum atomic E-state index is 12.6. The summed E-state index contributed by atoms with van der Waals surface area (Å²) in [6.45, 7) is 3.46. The third-order valence-corrected chi connectivity index (χ3v) is 5.11. The number of carbonyl (C=O) groups excluding carboxylic acids is 1. The number of benzene rings is 2. The number of nitrogens with one attached hydrogen (secondary N) is 2. The molecule has 0 radical (unpaired) electrons. The first kappa shape index (κ1) is 19.1. The fraction of sp³-hybridized carbons (Fsp3) is 0.235. The molecule has 0 aromatic heterocycles.